The molecule has 31 heavy (non-hydrogen) atoms. The molecule has 0 aliphatic heterocycles. The molecule has 0 aliphatic rings. The first-order chi connectivity index (χ1) is 15.0. The largest absolute Gasteiger partial charge is 0.376 e. The van der Waals surface area contributed by atoms with Crippen molar-refractivity contribution in [2.75, 3.05) is 23.7 Å². The van der Waals surface area contributed by atoms with E-state index in [1.165, 1.54) is 18.2 Å². The van der Waals surface area contributed by atoms with E-state index in [4.69, 9.17) is 0 Å². The Hall–Kier alpha value is -4.20. The zero-order valence-electron chi connectivity index (χ0n) is 16.7. The lowest BCUT2D eigenvalue weighted by Crippen LogP contribution is -2.28. The third-order valence-corrected chi connectivity index (χ3v) is 4.49. The SMILES string of the molecule is O=C(CNc1ccccc1C(=O)NCCc1ccccc1)Nc1cccc([N+](=O)[O-])c1. The summed E-state index contributed by atoms with van der Waals surface area (Å²) in [6.45, 7) is 0.390. The minimum Gasteiger partial charge on any atom is -0.376 e. The average Bonchev–Trinajstić information content (AvgIpc) is 2.78. The summed E-state index contributed by atoms with van der Waals surface area (Å²) >= 11 is 0. The number of anilines is 2. The molecule has 0 atom stereocenters. The highest BCUT2D eigenvalue weighted by atomic mass is 16.6. The summed E-state index contributed by atoms with van der Waals surface area (Å²) in [7, 11) is 0. The number of carbonyl (C=O) groups is 2. The van der Waals surface area contributed by atoms with Crippen LogP contribution in [0.4, 0.5) is 17.1 Å². The predicted octanol–water partition coefficient (Wildman–Crippen LogP) is 3.62. The third kappa shape index (κ3) is 6.40. The highest BCUT2D eigenvalue weighted by Crippen LogP contribution is 2.18. The molecule has 0 heterocycles. The Balaban J connectivity index is 1.55. The van der Waals surface area contributed by atoms with Crippen LogP contribution in [0.2, 0.25) is 0 Å². The molecule has 0 radical (unpaired) electrons. The van der Waals surface area contributed by atoms with Crippen molar-refractivity contribution in [2.45, 2.75) is 6.42 Å². The molecule has 158 valence electrons. The highest BCUT2D eigenvalue weighted by Gasteiger charge is 2.12. The first-order valence-electron chi connectivity index (χ1n) is 9.72. The summed E-state index contributed by atoms with van der Waals surface area (Å²) in [5.74, 6) is -0.627. The second kappa shape index (κ2) is 10.5. The predicted molar refractivity (Wildman–Crippen MR) is 119 cm³/mol. The number of hydrogen-bond acceptors (Lipinski definition) is 5. The lowest BCUT2D eigenvalue weighted by Gasteiger charge is -2.12. The highest BCUT2D eigenvalue weighted by molar-refractivity contribution is 6.01. The van der Waals surface area contributed by atoms with Crippen molar-refractivity contribution >= 4 is 28.9 Å². The molecular formula is C23H22N4O4. The Kier molecular flexibility index (Phi) is 7.31. The quantitative estimate of drug-likeness (QED) is 0.363. The van der Waals surface area contributed by atoms with Gasteiger partial charge >= 0.3 is 0 Å². The molecule has 3 aromatic rings. The van der Waals surface area contributed by atoms with Gasteiger partial charge in [0.05, 0.1) is 17.0 Å². The molecule has 3 aromatic carbocycles. The van der Waals surface area contributed by atoms with Crippen molar-refractivity contribution in [1.29, 1.82) is 0 Å². The summed E-state index contributed by atoms with van der Waals surface area (Å²) in [5.41, 5.74) is 2.30. The number of hydrogen-bond donors (Lipinski definition) is 3. The Morgan fingerprint density at radius 3 is 2.42 bits per heavy atom. The van der Waals surface area contributed by atoms with Gasteiger partial charge in [0.15, 0.2) is 0 Å². The normalized spacial score (nSPS) is 10.2. The molecule has 8 heteroatoms. The summed E-state index contributed by atoms with van der Waals surface area (Å²) < 4.78 is 0. The molecule has 0 saturated carbocycles. The number of amides is 2. The molecule has 8 nitrogen and oxygen atoms in total. The standard InChI is InChI=1S/C23H22N4O4/c28-22(26-18-9-6-10-19(15-18)27(30)31)16-25-21-12-5-4-11-20(21)23(29)24-14-13-17-7-2-1-3-8-17/h1-12,15,25H,13-14,16H2,(H,24,29)(H,26,28). The van der Waals surface area contributed by atoms with Gasteiger partial charge in [-0.15, -0.1) is 0 Å². The van der Waals surface area contributed by atoms with Gasteiger partial charge in [0.25, 0.3) is 11.6 Å². The zero-order chi connectivity index (χ0) is 22.1. The van der Waals surface area contributed by atoms with Crippen molar-refractivity contribution in [3.8, 4) is 0 Å². The van der Waals surface area contributed by atoms with E-state index < -0.39 is 4.92 Å². The Bertz CT molecular complexity index is 1070. The van der Waals surface area contributed by atoms with Crippen LogP contribution in [0, 0.1) is 10.1 Å². The van der Waals surface area contributed by atoms with Crippen LogP contribution in [0.15, 0.2) is 78.9 Å². The Labute approximate surface area is 179 Å². The maximum absolute atomic E-state index is 12.6. The van der Waals surface area contributed by atoms with Crippen LogP contribution in [0.25, 0.3) is 0 Å². The van der Waals surface area contributed by atoms with Crippen molar-refractivity contribution in [3.05, 3.63) is 100 Å². The molecule has 3 rings (SSSR count). The number of nitro benzene ring substituents is 1. The van der Waals surface area contributed by atoms with Crippen molar-refractivity contribution < 1.29 is 14.5 Å². The van der Waals surface area contributed by atoms with Crippen molar-refractivity contribution in [2.24, 2.45) is 0 Å². The van der Waals surface area contributed by atoms with Gasteiger partial charge in [0.2, 0.25) is 5.91 Å². The summed E-state index contributed by atoms with van der Waals surface area (Å²) in [5, 5.41) is 19.3. The van der Waals surface area contributed by atoms with Gasteiger partial charge in [0, 0.05) is 30.1 Å². The first kappa shape index (κ1) is 21.5. The van der Waals surface area contributed by atoms with Crippen molar-refractivity contribution in [3.63, 3.8) is 0 Å². The molecule has 0 spiro atoms. The van der Waals surface area contributed by atoms with Crippen molar-refractivity contribution in [1.82, 2.24) is 5.32 Å². The molecular weight excluding hydrogens is 396 g/mol. The average molecular weight is 418 g/mol. The van der Waals surface area contributed by atoms with Gasteiger partial charge < -0.3 is 16.0 Å². The van der Waals surface area contributed by atoms with E-state index in [9.17, 15) is 19.7 Å². The third-order valence-electron chi connectivity index (χ3n) is 4.49. The summed E-state index contributed by atoms with van der Waals surface area (Å²) in [6.07, 6.45) is 0.716. The van der Waals surface area contributed by atoms with Gasteiger partial charge in [-0.05, 0) is 30.2 Å². The van der Waals surface area contributed by atoms with Crippen LogP contribution in [0.3, 0.4) is 0 Å². The maximum atomic E-state index is 12.6. The minimum atomic E-state index is -0.527. The summed E-state index contributed by atoms with van der Waals surface area (Å²) in [4.78, 5) is 35.1. The fourth-order valence-electron chi connectivity index (χ4n) is 2.97. The second-order valence-corrected chi connectivity index (χ2v) is 6.75. The smallest absolute Gasteiger partial charge is 0.271 e. The van der Waals surface area contributed by atoms with E-state index in [0.29, 0.717) is 29.9 Å². The molecule has 2 amide bonds. The number of para-hydroxylation sites is 1. The second-order valence-electron chi connectivity index (χ2n) is 6.75. The monoisotopic (exact) mass is 418 g/mol. The van der Waals surface area contributed by atoms with Gasteiger partial charge in [-0.2, -0.15) is 0 Å². The number of nitrogens with zero attached hydrogens (tertiary/aromatic N) is 1. The lowest BCUT2D eigenvalue weighted by atomic mass is 10.1. The number of rotatable bonds is 9. The van der Waals surface area contributed by atoms with Crippen LogP contribution < -0.4 is 16.0 Å². The maximum Gasteiger partial charge on any atom is 0.271 e. The minimum absolute atomic E-state index is 0.100. The van der Waals surface area contributed by atoms with Gasteiger partial charge in [-0.25, -0.2) is 0 Å². The van der Waals surface area contributed by atoms with E-state index in [0.717, 1.165) is 5.56 Å². The number of nitro groups is 1. The van der Waals surface area contributed by atoms with Gasteiger partial charge in [0.1, 0.15) is 0 Å². The molecule has 0 saturated heterocycles. The molecule has 0 fully saturated rings. The summed E-state index contributed by atoms with van der Waals surface area (Å²) in [6, 6.07) is 22.5. The van der Waals surface area contributed by atoms with Gasteiger partial charge in [-0.3, -0.25) is 19.7 Å². The molecule has 0 unspecified atom stereocenters. The van der Waals surface area contributed by atoms with Crippen LogP contribution in [-0.4, -0.2) is 29.8 Å². The number of non-ortho nitro benzene ring substituents is 1. The van der Waals surface area contributed by atoms with Crippen LogP contribution in [-0.2, 0) is 11.2 Å². The first-order valence-corrected chi connectivity index (χ1v) is 9.72. The van der Waals surface area contributed by atoms with E-state index in [1.54, 1.807) is 30.3 Å². The molecule has 0 bridgehead atoms. The van der Waals surface area contributed by atoms with E-state index >= 15 is 0 Å². The lowest BCUT2D eigenvalue weighted by molar-refractivity contribution is -0.384. The number of benzene rings is 3. The van der Waals surface area contributed by atoms with Crippen LogP contribution in [0.1, 0.15) is 15.9 Å². The Morgan fingerprint density at radius 2 is 1.65 bits per heavy atom. The number of nitrogens with one attached hydrogen (secondary N) is 3. The zero-order valence-corrected chi connectivity index (χ0v) is 16.7. The van der Waals surface area contributed by atoms with E-state index in [2.05, 4.69) is 16.0 Å². The topological polar surface area (TPSA) is 113 Å². The fraction of sp³-hybridized carbons (Fsp3) is 0.130. The van der Waals surface area contributed by atoms with Crippen LogP contribution >= 0.6 is 0 Å². The fourth-order valence-corrected chi connectivity index (χ4v) is 2.97. The van der Waals surface area contributed by atoms with Crippen LogP contribution in [0.5, 0.6) is 0 Å². The molecule has 0 aromatic heterocycles. The Morgan fingerprint density at radius 1 is 0.903 bits per heavy atom. The van der Waals surface area contributed by atoms with E-state index in [1.807, 2.05) is 30.3 Å². The van der Waals surface area contributed by atoms with E-state index in [-0.39, 0.29) is 24.0 Å². The molecule has 0 aliphatic carbocycles. The van der Waals surface area contributed by atoms with Gasteiger partial charge in [-0.1, -0.05) is 48.5 Å². The molecule has 3 N–H and O–H groups in total. The number of carbonyl (C=O) groups excluding carboxylic acids is 2.